The lowest BCUT2D eigenvalue weighted by molar-refractivity contribution is -0.121. The average Bonchev–Trinajstić information content (AvgIpc) is 2.36. The zero-order valence-electron chi connectivity index (χ0n) is 11.4. The van der Waals surface area contributed by atoms with Crippen molar-refractivity contribution < 1.29 is 4.79 Å². The van der Waals surface area contributed by atoms with Crippen LogP contribution in [-0.4, -0.2) is 18.5 Å². The molecular formula is C15H24N2O. The number of aryl methyl sites for hydroxylation is 2. The third kappa shape index (κ3) is 5.82. The van der Waals surface area contributed by atoms with E-state index in [9.17, 15) is 4.79 Å². The summed E-state index contributed by atoms with van der Waals surface area (Å²) >= 11 is 0. The molecule has 0 aliphatic carbocycles. The monoisotopic (exact) mass is 248 g/mol. The van der Waals surface area contributed by atoms with Gasteiger partial charge in [-0.2, -0.15) is 0 Å². The van der Waals surface area contributed by atoms with Gasteiger partial charge in [0.1, 0.15) is 0 Å². The highest BCUT2D eigenvalue weighted by molar-refractivity contribution is 5.76. The van der Waals surface area contributed by atoms with Gasteiger partial charge in [-0.25, -0.2) is 0 Å². The molecule has 0 aliphatic heterocycles. The van der Waals surface area contributed by atoms with Crippen LogP contribution < -0.4 is 11.1 Å². The Kier molecular flexibility index (Phi) is 6.44. The summed E-state index contributed by atoms with van der Waals surface area (Å²) in [4.78, 5) is 11.6. The molecule has 0 bridgehead atoms. The van der Waals surface area contributed by atoms with Crippen molar-refractivity contribution in [3.63, 3.8) is 0 Å². The highest BCUT2D eigenvalue weighted by Crippen LogP contribution is 2.07. The van der Waals surface area contributed by atoms with E-state index in [1.165, 1.54) is 11.1 Å². The minimum Gasteiger partial charge on any atom is -0.356 e. The van der Waals surface area contributed by atoms with Crippen LogP contribution in [0.2, 0.25) is 0 Å². The van der Waals surface area contributed by atoms with E-state index < -0.39 is 0 Å². The molecule has 0 fully saturated rings. The Morgan fingerprint density at radius 3 is 2.44 bits per heavy atom. The molecule has 1 unspecified atom stereocenters. The molecule has 0 aliphatic rings. The predicted molar refractivity (Wildman–Crippen MR) is 75.4 cm³/mol. The van der Waals surface area contributed by atoms with Crippen LogP contribution in [0.4, 0.5) is 0 Å². The summed E-state index contributed by atoms with van der Waals surface area (Å²) in [5, 5.41) is 2.89. The van der Waals surface area contributed by atoms with Gasteiger partial charge in [-0.05, 0) is 37.3 Å². The number of carbonyl (C=O) groups is 1. The number of benzene rings is 1. The maximum absolute atomic E-state index is 11.6. The normalized spacial score (nSPS) is 12.2. The van der Waals surface area contributed by atoms with Gasteiger partial charge in [0.2, 0.25) is 5.91 Å². The molecule has 1 aromatic carbocycles. The van der Waals surface area contributed by atoms with Gasteiger partial charge in [-0.1, -0.05) is 31.2 Å². The SMILES string of the molecule is CCc1ccc(CCC(=O)NCCC(C)N)cc1. The highest BCUT2D eigenvalue weighted by Gasteiger charge is 2.02. The quantitative estimate of drug-likeness (QED) is 0.776. The minimum atomic E-state index is 0.107. The first-order valence-electron chi connectivity index (χ1n) is 6.72. The van der Waals surface area contributed by atoms with Gasteiger partial charge in [0, 0.05) is 19.0 Å². The number of amides is 1. The summed E-state index contributed by atoms with van der Waals surface area (Å²) in [6.45, 7) is 4.76. The smallest absolute Gasteiger partial charge is 0.220 e. The molecule has 3 heteroatoms. The van der Waals surface area contributed by atoms with E-state index in [0.29, 0.717) is 13.0 Å². The molecule has 3 N–H and O–H groups in total. The molecule has 0 aromatic heterocycles. The maximum Gasteiger partial charge on any atom is 0.220 e. The van der Waals surface area contributed by atoms with Gasteiger partial charge < -0.3 is 11.1 Å². The molecule has 3 nitrogen and oxygen atoms in total. The number of rotatable bonds is 7. The van der Waals surface area contributed by atoms with E-state index in [-0.39, 0.29) is 11.9 Å². The van der Waals surface area contributed by atoms with E-state index in [0.717, 1.165) is 19.3 Å². The second-order valence-electron chi connectivity index (χ2n) is 4.79. The minimum absolute atomic E-state index is 0.107. The molecule has 18 heavy (non-hydrogen) atoms. The van der Waals surface area contributed by atoms with Gasteiger partial charge >= 0.3 is 0 Å². The lowest BCUT2D eigenvalue weighted by Crippen LogP contribution is -2.29. The molecular weight excluding hydrogens is 224 g/mol. The van der Waals surface area contributed by atoms with Crippen molar-refractivity contribution in [3.8, 4) is 0 Å². The fourth-order valence-electron chi connectivity index (χ4n) is 1.73. The van der Waals surface area contributed by atoms with E-state index >= 15 is 0 Å². The predicted octanol–water partition coefficient (Wildman–Crippen LogP) is 2.04. The van der Waals surface area contributed by atoms with Gasteiger partial charge in [0.05, 0.1) is 0 Å². The molecule has 0 saturated carbocycles. The zero-order chi connectivity index (χ0) is 13.4. The second kappa shape index (κ2) is 7.88. The van der Waals surface area contributed by atoms with Crippen LogP contribution in [0.3, 0.4) is 0 Å². The molecule has 0 radical (unpaired) electrons. The maximum atomic E-state index is 11.6. The summed E-state index contributed by atoms with van der Waals surface area (Å²) in [5.41, 5.74) is 8.17. The van der Waals surface area contributed by atoms with Gasteiger partial charge in [-0.3, -0.25) is 4.79 Å². The van der Waals surface area contributed by atoms with Crippen molar-refractivity contribution in [2.75, 3.05) is 6.54 Å². The van der Waals surface area contributed by atoms with E-state index in [2.05, 4.69) is 36.5 Å². The highest BCUT2D eigenvalue weighted by atomic mass is 16.1. The van der Waals surface area contributed by atoms with Crippen LogP contribution >= 0.6 is 0 Å². The number of hydrogen-bond acceptors (Lipinski definition) is 2. The van der Waals surface area contributed by atoms with Crippen molar-refractivity contribution in [2.45, 2.75) is 45.6 Å². The lowest BCUT2D eigenvalue weighted by Gasteiger charge is -2.07. The molecule has 1 amide bonds. The van der Waals surface area contributed by atoms with Gasteiger partial charge in [0.15, 0.2) is 0 Å². The summed E-state index contributed by atoms with van der Waals surface area (Å²) in [6.07, 6.45) is 3.23. The molecule has 100 valence electrons. The molecule has 0 heterocycles. The average molecular weight is 248 g/mol. The zero-order valence-corrected chi connectivity index (χ0v) is 11.4. The molecule has 1 aromatic rings. The van der Waals surface area contributed by atoms with Crippen LogP contribution in [0.5, 0.6) is 0 Å². The number of nitrogens with two attached hydrogens (primary N) is 1. The van der Waals surface area contributed by atoms with E-state index in [1.807, 2.05) is 6.92 Å². The van der Waals surface area contributed by atoms with Crippen LogP contribution in [-0.2, 0) is 17.6 Å². The summed E-state index contributed by atoms with van der Waals surface area (Å²) in [5.74, 6) is 0.107. The van der Waals surface area contributed by atoms with Crippen LogP contribution in [0.15, 0.2) is 24.3 Å². The Hall–Kier alpha value is -1.35. The van der Waals surface area contributed by atoms with Crippen LogP contribution in [0.25, 0.3) is 0 Å². The van der Waals surface area contributed by atoms with Crippen molar-refractivity contribution >= 4 is 5.91 Å². The fourth-order valence-corrected chi connectivity index (χ4v) is 1.73. The van der Waals surface area contributed by atoms with Crippen molar-refractivity contribution in [1.29, 1.82) is 0 Å². The fraction of sp³-hybridized carbons (Fsp3) is 0.533. The Bertz CT molecular complexity index is 357. The number of carbonyl (C=O) groups excluding carboxylic acids is 1. The summed E-state index contributed by atoms with van der Waals surface area (Å²) in [6, 6.07) is 8.61. The third-order valence-electron chi connectivity index (χ3n) is 2.99. The third-order valence-corrected chi connectivity index (χ3v) is 2.99. The topological polar surface area (TPSA) is 55.1 Å². The van der Waals surface area contributed by atoms with Crippen molar-refractivity contribution in [3.05, 3.63) is 35.4 Å². The van der Waals surface area contributed by atoms with E-state index in [4.69, 9.17) is 5.73 Å². The Labute approximate surface area is 110 Å². The van der Waals surface area contributed by atoms with Crippen LogP contribution in [0, 0.1) is 0 Å². The number of hydrogen-bond donors (Lipinski definition) is 2. The Balaban J connectivity index is 2.24. The lowest BCUT2D eigenvalue weighted by atomic mass is 10.1. The van der Waals surface area contributed by atoms with Crippen molar-refractivity contribution in [2.24, 2.45) is 5.73 Å². The molecule has 1 atom stereocenters. The van der Waals surface area contributed by atoms with Gasteiger partial charge in [-0.15, -0.1) is 0 Å². The standard InChI is InChI=1S/C15H24N2O/c1-3-13-4-6-14(7-5-13)8-9-15(18)17-11-10-12(2)16/h4-7,12H,3,8-11,16H2,1-2H3,(H,17,18). The van der Waals surface area contributed by atoms with E-state index in [1.54, 1.807) is 0 Å². The van der Waals surface area contributed by atoms with Crippen LogP contribution in [0.1, 0.15) is 37.8 Å². The Morgan fingerprint density at radius 1 is 1.28 bits per heavy atom. The molecule has 1 rings (SSSR count). The second-order valence-corrected chi connectivity index (χ2v) is 4.79. The summed E-state index contributed by atoms with van der Waals surface area (Å²) in [7, 11) is 0. The van der Waals surface area contributed by atoms with Gasteiger partial charge in [0.25, 0.3) is 0 Å². The molecule has 0 spiro atoms. The summed E-state index contributed by atoms with van der Waals surface area (Å²) < 4.78 is 0. The van der Waals surface area contributed by atoms with Crippen molar-refractivity contribution in [1.82, 2.24) is 5.32 Å². The first-order valence-corrected chi connectivity index (χ1v) is 6.72. The largest absolute Gasteiger partial charge is 0.356 e. The first kappa shape index (κ1) is 14.7. The Morgan fingerprint density at radius 2 is 1.89 bits per heavy atom. The molecule has 0 saturated heterocycles. The first-order chi connectivity index (χ1) is 8.61. The number of nitrogens with one attached hydrogen (secondary N) is 1.